The van der Waals surface area contributed by atoms with Crippen LogP contribution in [0.15, 0.2) is 12.1 Å². The number of rotatable bonds is 5. The molecule has 0 spiro atoms. The molecule has 1 aromatic rings. The van der Waals surface area contributed by atoms with Gasteiger partial charge in [-0.15, -0.1) is 0 Å². The molecule has 0 aromatic heterocycles. The minimum Gasteiger partial charge on any atom is -0.345 e. The van der Waals surface area contributed by atoms with E-state index in [0.717, 1.165) is 12.1 Å². The van der Waals surface area contributed by atoms with Crippen molar-refractivity contribution in [2.24, 2.45) is 0 Å². The summed E-state index contributed by atoms with van der Waals surface area (Å²) in [6.07, 6.45) is 0. The van der Waals surface area contributed by atoms with Gasteiger partial charge in [-0.25, -0.2) is 13.2 Å². The minimum absolute atomic E-state index is 0.0605. The van der Waals surface area contributed by atoms with Crippen molar-refractivity contribution < 1.29 is 18.0 Å². The second-order valence-corrected chi connectivity index (χ2v) is 3.88. The summed E-state index contributed by atoms with van der Waals surface area (Å²) >= 11 is 0. The first-order valence-electron chi connectivity index (χ1n) is 5.53. The Hall–Kier alpha value is -1.56. The monoisotopic (exact) mass is 260 g/mol. The molecule has 1 amide bonds. The van der Waals surface area contributed by atoms with Crippen molar-refractivity contribution in [2.75, 3.05) is 20.1 Å². The Labute approximate surface area is 104 Å². The summed E-state index contributed by atoms with van der Waals surface area (Å²) in [7, 11) is 1.65. The zero-order valence-electron chi connectivity index (χ0n) is 10.3. The summed E-state index contributed by atoms with van der Waals surface area (Å²) in [6.45, 7) is 2.57. The summed E-state index contributed by atoms with van der Waals surface area (Å²) in [4.78, 5) is 12.9. The largest absolute Gasteiger partial charge is 0.345 e. The maximum Gasteiger partial charge on any atom is 0.236 e. The Bertz CT molecular complexity index is 414. The average Bonchev–Trinajstić information content (AvgIpc) is 2.34. The second kappa shape index (κ2) is 6.39. The molecular formula is C12H15F3N2O. The fourth-order valence-electron chi connectivity index (χ4n) is 1.34. The van der Waals surface area contributed by atoms with Gasteiger partial charge in [0.25, 0.3) is 0 Å². The van der Waals surface area contributed by atoms with E-state index in [9.17, 15) is 18.0 Å². The van der Waals surface area contributed by atoms with E-state index in [4.69, 9.17) is 0 Å². The van der Waals surface area contributed by atoms with E-state index in [1.807, 2.05) is 6.92 Å². The molecule has 1 N–H and O–H groups in total. The summed E-state index contributed by atoms with van der Waals surface area (Å²) in [6, 6.07) is 1.80. The highest BCUT2D eigenvalue weighted by atomic mass is 19.2. The number of hydrogen-bond donors (Lipinski definition) is 1. The van der Waals surface area contributed by atoms with Gasteiger partial charge in [0.1, 0.15) is 0 Å². The Kier molecular flexibility index (Phi) is 5.15. The normalized spacial score (nSPS) is 10.5. The lowest BCUT2D eigenvalue weighted by Gasteiger charge is -2.14. The van der Waals surface area contributed by atoms with E-state index in [1.165, 1.54) is 4.90 Å². The Balaban J connectivity index is 2.52. The van der Waals surface area contributed by atoms with Gasteiger partial charge in [0.2, 0.25) is 5.91 Å². The fourth-order valence-corrected chi connectivity index (χ4v) is 1.34. The van der Waals surface area contributed by atoms with Crippen LogP contribution in [0.3, 0.4) is 0 Å². The molecule has 6 heteroatoms. The van der Waals surface area contributed by atoms with E-state index in [1.54, 1.807) is 7.05 Å². The molecule has 0 unspecified atom stereocenters. The summed E-state index contributed by atoms with van der Waals surface area (Å²) < 4.78 is 38.5. The van der Waals surface area contributed by atoms with Gasteiger partial charge in [0, 0.05) is 20.1 Å². The van der Waals surface area contributed by atoms with E-state index in [0.29, 0.717) is 6.54 Å². The van der Waals surface area contributed by atoms with Gasteiger partial charge < -0.3 is 10.2 Å². The second-order valence-electron chi connectivity index (χ2n) is 3.88. The molecule has 0 bridgehead atoms. The molecule has 0 radical (unpaired) electrons. The lowest BCUT2D eigenvalue weighted by atomic mass is 10.2. The standard InChI is InChI=1S/C12H15F3N2O/c1-3-17(2)11(18)7-16-6-8-4-9(13)12(15)10(14)5-8/h4-5,16H,3,6-7H2,1-2H3. The lowest BCUT2D eigenvalue weighted by molar-refractivity contribution is -0.128. The van der Waals surface area contributed by atoms with Gasteiger partial charge in [-0.05, 0) is 24.6 Å². The third kappa shape index (κ3) is 3.73. The highest BCUT2D eigenvalue weighted by Crippen LogP contribution is 2.13. The quantitative estimate of drug-likeness (QED) is 0.817. The van der Waals surface area contributed by atoms with Crippen LogP contribution in [0.4, 0.5) is 13.2 Å². The minimum atomic E-state index is -1.49. The van der Waals surface area contributed by atoms with E-state index >= 15 is 0 Å². The first-order chi connectivity index (χ1) is 8.45. The highest BCUT2D eigenvalue weighted by molar-refractivity contribution is 5.77. The van der Waals surface area contributed by atoms with Crippen LogP contribution in [-0.4, -0.2) is 30.9 Å². The van der Waals surface area contributed by atoms with Crippen LogP contribution in [0.25, 0.3) is 0 Å². The highest BCUT2D eigenvalue weighted by Gasteiger charge is 2.11. The van der Waals surface area contributed by atoms with Crippen LogP contribution in [0, 0.1) is 17.5 Å². The van der Waals surface area contributed by atoms with Gasteiger partial charge in [-0.3, -0.25) is 4.79 Å². The molecule has 0 saturated heterocycles. The summed E-state index contributed by atoms with van der Waals surface area (Å²) in [5.74, 6) is -4.08. The maximum atomic E-state index is 12.9. The van der Waals surface area contributed by atoms with Gasteiger partial charge in [0.05, 0.1) is 6.54 Å². The van der Waals surface area contributed by atoms with Crippen molar-refractivity contribution in [3.05, 3.63) is 35.1 Å². The molecule has 1 rings (SSSR count). The van der Waals surface area contributed by atoms with Crippen molar-refractivity contribution >= 4 is 5.91 Å². The van der Waals surface area contributed by atoms with Gasteiger partial charge in [-0.2, -0.15) is 0 Å². The van der Waals surface area contributed by atoms with Crippen LogP contribution in [0.1, 0.15) is 12.5 Å². The van der Waals surface area contributed by atoms with Crippen molar-refractivity contribution in [1.29, 1.82) is 0 Å². The van der Waals surface area contributed by atoms with Crippen LogP contribution in [0.5, 0.6) is 0 Å². The van der Waals surface area contributed by atoms with Gasteiger partial charge >= 0.3 is 0 Å². The Morgan fingerprint density at radius 2 is 1.83 bits per heavy atom. The van der Waals surface area contributed by atoms with Crippen LogP contribution in [-0.2, 0) is 11.3 Å². The van der Waals surface area contributed by atoms with E-state index in [-0.39, 0.29) is 24.6 Å². The third-order valence-electron chi connectivity index (χ3n) is 2.55. The number of benzene rings is 1. The van der Waals surface area contributed by atoms with Crippen molar-refractivity contribution in [3.8, 4) is 0 Å². The number of carbonyl (C=O) groups is 1. The molecule has 0 saturated carbocycles. The number of nitrogens with one attached hydrogen (secondary N) is 1. The molecular weight excluding hydrogens is 245 g/mol. The SMILES string of the molecule is CCN(C)C(=O)CNCc1cc(F)c(F)c(F)c1. The molecule has 0 heterocycles. The molecule has 3 nitrogen and oxygen atoms in total. The van der Waals surface area contributed by atoms with Crippen molar-refractivity contribution in [3.63, 3.8) is 0 Å². The van der Waals surface area contributed by atoms with Gasteiger partial charge in [0.15, 0.2) is 17.5 Å². The molecule has 0 fully saturated rings. The predicted octanol–water partition coefficient (Wildman–Crippen LogP) is 1.67. The maximum absolute atomic E-state index is 12.9. The number of likely N-dealkylation sites (N-methyl/N-ethyl adjacent to an activating group) is 1. The molecule has 0 aliphatic rings. The first kappa shape index (κ1) is 14.5. The van der Waals surface area contributed by atoms with E-state index in [2.05, 4.69) is 5.32 Å². The number of amides is 1. The molecule has 0 aliphatic heterocycles. The molecule has 1 aromatic carbocycles. The number of nitrogens with zero attached hydrogens (tertiary/aromatic N) is 1. The zero-order valence-corrected chi connectivity index (χ0v) is 10.3. The van der Waals surface area contributed by atoms with Gasteiger partial charge in [-0.1, -0.05) is 0 Å². The van der Waals surface area contributed by atoms with Crippen LogP contribution in [0.2, 0.25) is 0 Å². The smallest absolute Gasteiger partial charge is 0.236 e. The number of carbonyl (C=O) groups excluding carboxylic acids is 1. The fraction of sp³-hybridized carbons (Fsp3) is 0.417. The predicted molar refractivity (Wildman–Crippen MR) is 61.3 cm³/mol. The van der Waals surface area contributed by atoms with Crippen molar-refractivity contribution in [2.45, 2.75) is 13.5 Å². The number of hydrogen-bond acceptors (Lipinski definition) is 2. The van der Waals surface area contributed by atoms with Crippen molar-refractivity contribution in [1.82, 2.24) is 10.2 Å². The topological polar surface area (TPSA) is 32.3 Å². The summed E-state index contributed by atoms with van der Waals surface area (Å²) in [5.41, 5.74) is 0.248. The average molecular weight is 260 g/mol. The lowest BCUT2D eigenvalue weighted by Crippen LogP contribution is -2.35. The molecule has 100 valence electrons. The number of halogens is 3. The molecule has 18 heavy (non-hydrogen) atoms. The first-order valence-corrected chi connectivity index (χ1v) is 5.53. The van der Waals surface area contributed by atoms with Crippen LogP contribution < -0.4 is 5.32 Å². The summed E-state index contributed by atoms with van der Waals surface area (Å²) in [5, 5.41) is 2.74. The molecule has 0 aliphatic carbocycles. The third-order valence-corrected chi connectivity index (χ3v) is 2.55. The van der Waals surface area contributed by atoms with E-state index < -0.39 is 17.5 Å². The Morgan fingerprint density at radius 3 is 2.33 bits per heavy atom. The van der Waals surface area contributed by atoms with Crippen LogP contribution >= 0.6 is 0 Å². The Morgan fingerprint density at radius 1 is 1.28 bits per heavy atom. The molecule has 0 atom stereocenters. The zero-order chi connectivity index (χ0) is 13.7.